The van der Waals surface area contributed by atoms with Crippen LogP contribution in [-0.2, 0) is 0 Å². The molecule has 0 aromatic carbocycles. The van der Waals surface area contributed by atoms with Gasteiger partial charge in [0.15, 0.2) is 0 Å². The van der Waals surface area contributed by atoms with E-state index in [1.165, 1.54) is 0 Å². The van der Waals surface area contributed by atoms with Crippen LogP contribution in [0.15, 0.2) is 0 Å². The first-order chi connectivity index (χ1) is 12.2. The van der Waals surface area contributed by atoms with Gasteiger partial charge in [0.25, 0.3) is 0 Å². The highest BCUT2D eigenvalue weighted by molar-refractivity contribution is 9.11. The Morgan fingerprint density at radius 2 is 0.846 bits per heavy atom. The lowest BCUT2D eigenvalue weighted by atomic mass is 9.73. The molecule has 12 aliphatic rings. The Labute approximate surface area is 184 Å². The zero-order valence-electron chi connectivity index (χ0n) is 13.5. The van der Waals surface area contributed by atoms with Gasteiger partial charge in [0.05, 0.1) is 19.9 Å². The molecular weight excluding hydrogens is 592 g/mol. The van der Waals surface area contributed by atoms with Gasteiger partial charge < -0.3 is 10.2 Å². The molecule has 0 bridgehead atoms. The first-order valence-electron chi connectivity index (χ1n) is 10.4. The Morgan fingerprint density at radius 3 is 1.31 bits per heavy atom. The fourth-order valence-electron chi connectivity index (χ4n) is 15.1. The predicted molar refractivity (Wildman–Crippen MR) is 105 cm³/mol. The lowest BCUT2D eigenvalue weighted by Crippen LogP contribution is -2.59. The fourth-order valence-corrected chi connectivity index (χ4v) is 23.1. The number of hydrogen-bond acceptors (Lipinski definition) is 2. The summed E-state index contributed by atoms with van der Waals surface area (Å²) in [5.41, 5.74) is -1.08. The van der Waals surface area contributed by atoms with E-state index in [0.717, 1.165) is 0 Å². The van der Waals surface area contributed by atoms with Crippen molar-refractivity contribution in [2.24, 2.45) is 82.9 Å². The Morgan fingerprint density at radius 1 is 0.462 bits per heavy atom. The lowest BCUT2D eigenvalue weighted by Gasteiger charge is -2.46. The van der Waals surface area contributed by atoms with Crippen LogP contribution in [0.1, 0.15) is 0 Å². The van der Waals surface area contributed by atoms with Crippen LogP contribution in [0.4, 0.5) is 0 Å². The van der Waals surface area contributed by atoms with Gasteiger partial charge in [0.1, 0.15) is 0 Å². The van der Waals surface area contributed by atoms with Crippen LogP contribution in [-0.4, -0.2) is 38.7 Å². The summed E-state index contributed by atoms with van der Waals surface area (Å²) in [5, 5.41) is 25.2. The third-order valence-corrected chi connectivity index (χ3v) is 20.0. The second kappa shape index (κ2) is 2.81. The average molecular weight is 608 g/mol. The molecule has 0 heterocycles. The summed E-state index contributed by atoms with van der Waals surface area (Å²) in [5.74, 6) is 7.47. The van der Waals surface area contributed by atoms with E-state index in [2.05, 4.69) is 63.7 Å². The van der Waals surface area contributed by atoms with Crippen LogP contribution in [0.2, 0.25) is 0 Å². The van der Waals surface area contributed by atoms with Gasteiger partial charge in [0.2, 0.25) is 0 Å². The van der Waals surface area contributed by atoms with E-state index in [1.807, 2.05) is 0 Å². The first kappa shape index (κ1) is 14.0. The van der Waals surface area contributed by atoms with Crippen LogP contribution in [0.5, 0.6) is 0 Å². The van der Waals surface area contributed by atoms with E-state index in [4.69, 9.17) is 0 Å². The van der Waals surface area contributed by atoms with E-state index in [1.54, 1.807) is 0 Å². The van der Waals surface area contributed by atoms with Gasteiger partial charge in [0, 0.05) is 20.5 Å². The standard InChI is InChI=1S/C20H16Br4O2/c21-15-9-5-1-2-6(9)18(24)12(15)4-3-11(15)17(5,23)19(25)7(1)10-8(2)20(18,26)14(4)16(10,22)13(3)19/h1-14,25-26H. The molecule has 0 aromatic rings. The molecule has 12 fully saturated rings. The van der Waals surface area contributed by atoms with Crippen molar-refractivity contribution in [3.8, 4) is 0 Å². The van der Waals surface area contributed by atoms with E-state index >= 15 is 0 Å². The van der Waals surface area contributed by atoms with E-state index < -0.39 is 11.2 Å². The highest BCUT2D eigenvalue weighted by Crippen LogP contribution is 3.08. The molecule has 136 valence electrons. The minimum atomic E-state index is -0.541. The molecule has 12 rings (SSSR count). The second-order valence-electron chi connectivity index (χ2n) is 12.2. The molecule has 0 aromatic heterocycles. The van der Waals surface area contributed by atoms with Crippen molar-refractivity contribution < 1.29 is 10.2 Å². The van der Waals surface area contributed by atoms with Crippen molar-refractivity contribution in [3.63, 3.8) is 0 Å². The summed E-state index contributed by atoms with van der Waals surface area (Å²) in [4.78, 5) is 0. The van der Waals surface area contributed by atoms with Gasteiger partial charge in [-0.05, 0) is 71.0 Å². The summed E-state index contributed by atoms with van der Waals surface area (Å²) < 4.78 is -0.00490. The van der Waals surface area contributed by atoms with Crippen LogP contribution in [0, 0.1) is 82.9 Å². The lowest BCUT2D eigenvalue weighted by molar-refractivity contribution is -0.0646. The molecule has 0 spiro atoms. The fraction of sp³-hybridized carbons (Fsp3) is 1.00. The normalized spacial score (nSPS) is 103. The van der Waals surface area contributed by atoms with Gasteiger partial charge in [-0.15, -0.1) is 0 Å². The second-order valence-corrected chi connectivity index (χ2v) is 17.6. The number of halogens is 4. The summed E-state index contributed by atoms with van der Waals surface area (Å²) >= 11 is 17.6. The quantitative estimate of drug-likeness (QED) is 0.416. The Bertz CT molecular complexity index is 860. The van der Waals surface area contributed by atoms with Gasteiger partial charge in [-0.25, -0.2) is 0 Å². The zero-order chi connectivity index (χ0) is 17.1. The largest absolute Gasteiger partial charge is 0.388 e. The Kier molecular flexibility index (Phi) is 1.51. The molecule has 0 saturated heterocycles. The third-order valence-electron chi connectivity index (χ3n) is 13.6. The molecule has 2 N–H and O–H groups in total. The molecule has 16 atom stereocenters. The van der Waals surface area contributed by atoms with Crippen LogP contribution in [0.25, 0.3) is 0 Å². The van der Waals surface area contributed by atoms with Crippen LogP contribution < -0.4 is 0 Å². The van der Waals surface area contributed by atoms with Gasteiger partial charge in [-0.1, -0.05) is 63.7 Å². The van der Waals surface area contributed by atoms with Crippen LogP contribution in [0.3, 0.4) is 0 Å². The van der Waals surface area contributed by atoms with Crippen molar-refractivity contribution >= 4 is 63.7 Å². The van der Waals surface area contributed by atoms with E-state index in [-0.39, 0.29) is 17.3 Å². The molecule has 6 heteroatoms. The first-order valence-corrected chi connectivity index (χ1v) is 13.6. The Balaban J connectivity index is 1.49. The summed E-state index contributed by atoms with van der Waals surface area (Å²) in [7, 11) is 0. The molecule has 0 aliphatic heterocycles. The highest BCUT2D eigenvalue weighted by atomic mass is 79.9. The molecule has 26 heavy (non-hydrogen) atoms. The van der Waals surface area contributed by atoms with Gasteiger partial charge in [-0.3, -0.25) is 0 Å². The minimum Gasteiger partial charge on any atom is -0.388 e. The molecular formula is C20H16Br4O2. The van der Waals surface area contributed by atoms with Crippen molar-refractivity contribution in [1.29, 1.82) is 0 Å². The van der Waals surface area contributed by atoms with Crippen LogP contribution >= 0.6 is 63.7 Å². The molecule has 16 unspecified atom stereocenters. The van der Waals surface area contributed by atoms with Gasteiger partial charge >= 0.3 is 0 Å². The number of hydrogen-bond donors (Lipinski definition) is 2. The highest BCUT2D eigenvalue weighted by Gasteiger charge is 3.13. The monoisotopic (exact) mass is 604 g/mol. The molecule has 0 radical (unpaired) electrons. The van der Waals surface area contributed by atoms with E-state index in [0.29, 0.717) is 82.9 Å². The maximum Gasteiger partial charge on any atom is 0.0884 e. The van der Waals surface area contributed by atoms with Gasteiger partial charge in [-0.2, -0.15) is 0 Å². The molecule has 12 saturated carbocycles. The summed E-state index contributed by atoms with van der Waals surface area (Å²) in [6.07, 6.45) is 0. The maximum atomic E-state index is 12.6. The summed E-state index contributed by atoms with van der Waals surface area (Å²) in [6.45, 7) is 0. The minimum absolute atomic E-state index is 0.00977. The maximum absolute atomic E-state index is 12.6. The average Bonchev–Trinajstić information content (AvgIpc) is 3.35. The number of rotatable bonds is 0. The number of aliphatic hydroxyl groups is 2. The Hall–Kier alpha value is 1.84. The molecule has 2 nitrogen and oxygen atoms in total. The predicted octanol–water partition coefficient (Wildman–Crippen LogP) is 2.76. The third kappa shape index (κ3) is 0.624. The smallest absolute Gasteiger partial charge is 0.0884 e. The number of alkyl halides is 4. The van der Waals surface area contributed by atoms with Crippen molar-refractivity contribution in [1.82, 2.24) is 0 Å². The topological polar surface area (TPSA) is 40.5 Å². The van der Waals surface area contributed by atoms with Crippen molar-refractivity contribution in [3.05, 3.63) is 0 Å². The SMILES string of the molecule is OC12C3C4C5C6C3C3(Br)C1C1C7C3C6(O)C3(Br)C5C5C4C2(Br)C1C5(Br)C73. The molecule has 0 amide bonds. The van der Waals surface area contributed by atoms with Crippen molar-refractivity contribution in [2.45, 2.75) is 28.5 Å². The summed E-state index contributed by atoms with van der Waals surface area (Å²) in [6, 6.07) is 0. The van der Waals surface area contributed by atoms with E-state index in [9.17, 15) is 10.2 Å². The van der Waals surface area contributed by atoms with Crippen molar-refractivity contribution in [2.75, 3.05) is 0 Å². The molecule has 12 aliphatic carbocycles. The zero-order valence-corrected chi connectivity index (χ0v) is 19.8.